The fraction of sp³-hybridized carbons (Fsp3) is 0.600. The van der Waals surface area contributed by atoms with Crippen LogP contribution < -0.4 is 0 Å². The molecule has 18 heavy (non-hydrogen) atoms. The van der Waals surface area contributed by atoms with Gasteiger partial charge in [0.05, 0.1) is 5.69 Å². The van der Waals surface area contributed by atoms with Crippen molar-refractivity contribution < 1.29 is 23.1 Å². The van der Waals surface area contributed by atoms with Crippen molar-refractivity contribution in [3.63, 3.8) is 0 Å². The van der Waals surface area contributed by atoms with Crippen molar-refractivity contribution in [2.24, 2.45) is 7.05 Å². The van der Waals surface area contributed by atoms with E-state index < -0.39 is 15.8 Å². The Morgan fingerprint density at radius 1 is 1.50 bits per heavy atom. The van der Waals surface area contributed by atoms with Crippen molar-refractivity contribution >= 4 is 15.8 Å². The smallest absolute Gasteiger partial charge is 0.356 e. The largest absolute Gasteiger partial charge is 0.476 e. The number of methoxy groups -OCH3 is 1. The monoisotopic (exact) mass is 276 g/mol. The summed E-state index contributed by atoms with van der Waals surface area (Å²) in [5.41, 5.74) is 0.175. The first-order valence-electron chi connectivity index (χ1n) is 5.27. The summed E-state index contributed by atoms with van der Waals surface area (Å²) in [7, 11) is -0.499. The van der Waals surface area contributed by atoms with Crippen LogP contribution in [0.5, 0.6) is 0 Å². The zero-order valence-electron chi connectivity index (χ0n) is 10.5. The number of aromatic carboxylic acids is 1. The molecule has 102 valence electrons. The van der Waals surface area contributed by atoms with Crippen LogP contribution in [0.4, 0.5) is 0 Å². The third-order valence-corrected chi connectivity index (χ3v) is 3.50. The highest BCUT2D eigenvalue weighted by molar-refractivity contribution is 7.90. The minimum atomic E-state index is -3.54. The van der Waals surface area contributed by atoms with Gasteiger partial charge < -0.3 is 14.4 Å². The average Bonchev–Trinajstić information content (AvgIpc) is 2.56. The highest BCUT2D eigenvalue weighted by atomic mass is 32.2. The topological polar surface area (TPSA) is 98.5 Å². The summed E-state index contributed by atoms with van der Waals surface area (Å²) in [5, 5.41) is 8.79. The van der Waals surface area contributed by atoms with Crippen LogP contribution in [0.3, 0.4) is 0 Å². The lowest BCUT2D eigenvalue weighted by atomic mass is 10.2. The Hall–Kier alpha value is -1.41. The lowest BCUT2D eigenvalue weighted by Crippen LogP contribution is -2.09. The third-order valence-electron chi connectivity index (χ3n) is 2.47. The minimum absolute atomic E-state index is 0.214. The predicted molar refractivity (Wildman–Crippen MR) is 63.5 cm³/mol. The zero-order valence-corrected chi connectivity index (χ0v) is 11.3. The van der Waals surface area contributed by atoms with E-state index in [4.69, 9.17) is 9.84 Å². The Kier molecular flexibility index (Phi) is 4.47. The van der Waals surface area contributed by atoms with Gasteiger partial charge in [0, 0.05) is 27.0 Å². The van der Waals surface area contributed by atoms with Crippen LogP contribution in [0.2, 0.25) is 0 Å². The maximum atomic E-state index is 11.5. The molecule has 1 heterocycles. The lowest BCUT2D eigenvalue weighted by molar-refractivity contribution is 0.0689. The first-order chi connectivity index (χ1) is 8.29. The first-order valence-corrected chi connectivity index (χ1v) is 7.16. The third kappa shape index (κ3) is 3.08. The number of rotatable bonds is 6. The first kappa shape index (κ1) is 14.7. The number of imidazole rings is 1. The van der Waals surface area contributed by atoms with Gasteiger partial charge in [-0.1, -0.05) is 0 Å². The molecule has 0 aromatic carbocycles. The molecule has 0 atom stereocenters. The molecular weight excluding hydrogens is 260 g/mol. The maximum absolute atomic E-state index is 11.5. The SMILES string of the molecule is COCCCc1c(C(=O)O)nc(S(C)(=O)=O)n1C. The molecule has 1 aromatic heterocycles. The van der Waals surface area contributed by atoms with E-state index in [9.17, 15) is 13.2 Å². The summed E-state index contributed by atoms with van der Waals surface area (Å²) in [5.74, 6) is -1.23. The summed E-state index contributed by atoms with van der Waals surface area (Å²) in [6.07, 6.45) is 1.99. The number of sulfone groups is 1. The molecule has 0 aliphatic carbocycles. The van der Waals surface area contributed by atoms with E-state index in [2.05, 4.69) is 4.98 Å². The van der Waals surface area contributed by atoms with Gasteiger partial charge >= 0.3 is 5.97 Å². The number of hydrogen-bond donors (Lipinski definition) is 1. The highest BCUT2D eigenvalue weighted by Gasteiger charge is 2.24. The van der Waals surface area contributed by atoms with E-state index in [0.29, 0.717) is 25.1 Å². The molecular formula is C10H16N2O5S. The zero-order chi connectivity index (χ0) is 13.9. The van der Waals surface area contributed by atoms with Gasteiger partial charge in [0.15, 0.2) is 5.69 Å². The van der Waals surface area contributed by atoms with Crippen molar-refractivity contribution in [2.75, 3.05) is 20.0 Å². The fourth-order valence-corrected chi connectivity index (χ4v) is 2.55. The number of hydrogen-bond acceptors (Lipinski definition) is 5. The van der Waals surface area contributed by atoms with Gasteiger partial charge in [0.1, 0.15) is 0 Å². The van der Waals surface area contributed by atoms with E-state index in [1.54, 1.807) is 7.11 Å². The molecule has 0 unspecified atom stereocenters. The molecule has 1 aromatic rings. The molecule has 0 spiro atoms. The van der Waals surface area contributed by atoms with E-state index in [0.717, 1.165) is 6.26 Å². The van der Waals surface area contributed by atoms with Gasteiger partial charge in [-0.05, 0) is 12.8 Å². The fourth-order valence-electron chi connectivity index (χ4n) is 1.68. The van der Waals surface area contributed by atoms with E-state index in [1.165, 1.54) is 11.6 Å². The van der Waals surface area contributed by atoms with Crippen molar-refractivity contribution in [1.82, 2.24) is 9.55 Å². The number of nitrogens with zero attached hydrogens (tertiary/aromatic N) is 2. The normalized spacial score (nSPS) is 11.7. The van der Waals surface area contributed by atoms with E-state index >= 15 is 0 Å². The Labute approximate surface area is 105 Å². The number of carboxylic acid groups (broad SMARTS) is 1. The highest BCUT2D eigenvalue weighted by Crippen LogP contribution is 2.16. The van der Waals surface area contributed by atoms with Gasteiger partial charge in [-0.2, -0.15) is 0 Å². The molecule has 0 amide bonds. The number of carboxylic acids is 1. The maximum Gasteiger partial charge on any atom is 0.356 e. The minimum Gasteiger partial charge on any atom is -0.476 e. The van der Waals surface area contributed by atoms with Crippen LogP contribution in [-0.2, 0) is 28.0 Å². The van der Waals surface area contributed by atoms with Gasteiger partial charge in [-0.25, -0.2) is 18.2 Å². The average molecular weight is 276 g/mol. The van der Waals surface area contributed by atoms with Gasteiger partial charge in [-0.3, -0.25) is 0 Å². The molecule has 0 bridgehead atoms. The van der Waals surface area contributed by atoms with Crippen LogP contribution in [0, 0.1) is 0 Å². The summed E-state index contributed by atoms with van der Waals surface area (Å²) in [6.45, 7) is 0.471. The van der Waals surface area contributed by atoms with Gasteiger partial charge in [0.2, 0.25) is 15.0 Å². The molecule has 0 fully saturated rings. The molecule has 8 heteroatoms. The summed E-state index contributed by atoms with van der Waals surface area (Å²) >= 11 is 0. The molecule has 1 N–H and O–H groups in total. The summed E-state index contributed by atoms with van der Waals surface area (Å²) in [4.78, 5) is 14.7. The number of aromatic nitrogens is 2. The van der Waals surface area contributed by atoms with Gasteiger partial charge in [-0.15, -0.1) is 0 Å². The molecule has 0 radical (unpaired) electrons. The predicted octanol–water partition coefficient (Wildman–Crippen LogP) is 0.101. The van der Waals surface area contributed by atoms with Crippen molar-refractivity contribution in [1.29, 1.82) is 0 Å². The molecule has 0 saturated carbocycles. The van der Waals surface area contributed by atoms with E-state index in [1.807, 2.05) is 0 Å². The van der Waals surface area contributed by atoms with Crippen LogP contribution in [0.25, 0.3) is 0 Å². The summed E-state index contributed by atoms with van der Waals surface area (Å²) < 4.78 is 29.1. The molecule has 1 rings (SSSR count). The van der Waals surface area contributed by atoms with Crippen LogP contribution in [0.1, 0.15) is 22.6 Å². The molecule has 0 aliphatic heterocycles. The van der Waals surface area contributed by atoms with Crippen LogP contribution in [0.15, 0.2) is 5.16 Å². The van der Waals surface area contributed by atoms with E-state index in [-0.39, 0.29) is 10.9 Å². The second-order valence-electron chi connectivity index (χ2n) is 3.92. The van der Waals surface area contributed by atoms with Crippen LogP contribution >= 0.6 is 0 Å². The van der Waals surface area contributed by atoms with Crippen LogP contribution in [-0.4, -0.2) is 49.0 Å². The van der Waals surface area contributed by atoms with Crippen molar-refractivity contribution in [3.8, 4) is 0 Å². The molecule has 0 saturated heterocycles. The Balaban J connectivity index is 3.22. The standard InChI is InChI=1S/C10H16N2O5S/c1-12-7(5-4-6-17-2)8(9(13)14)11-10(12)18(3,15)16/h4-6H2,1-3H3,(H,13,14). The quantitative estimate of drug-likeness (QED) is 0.740. The van der Waals surface area contributed by atoms with Crippen molar-refractivity contribution in [2.45, 2.75) is 18.0 Å². The lowest BCUT2D eigenvalue weighted by Gasteiger charge is -2.05. The Morgan fingerprint density at radius 2 is 2.11 bits per heavy atom. The Morgan fingerprint density at radius 3 is 2.56 bits per heavy atom. The Bertz CT molecular complexity index is 547. The second-order valence-corrected chi connectivity index (χ2v) is 5.83. The van der Waals surface area contributed by atoms with Gasteiger partial charge in [0.25, 0.3) is 0 Å². The summed E-state index contributed by atoms with van der Waals surface area (Å²) in [6, 6.07) is 0. The molecule has 7 nitrogen and oxygen atoms in total. The van der Waals surface area contributed by atoms with Crippen molar-refractivity contribution in [3.05, 3.63) is 11.4 Å². The molecule has 0 aliphatic rings. The number of carbonyl (C=O) groups is 1. The second kappa shape index (κ2) is 5.49. The number of ether oxygens (including phenoxy) is 1.